The van der Waals surface area contributed by atoms with E-state index in [4.69, 9.17) is 11.6 Å². The molecular weight excluding hydrogens is 250 g/mol. The summed E-state index contributed by atoms with van der Waals surface area (Å²) in [6.07, 6.45) is 1.30. The molecule has 0 atom stereocenters. The largest absolute Gasteiger partial charge is 0.369 e. The smallest absolute Gasteiger partial charge is 0.224 e. The van der Waals surface area contributed by atoms with Gasteiger partial charge in [0.1, 0.15) is 10.7 Å². The van der Waals surface area contributed by atoms with Crippen LogP contribution in [0.1, 0.15) is 19.0 Å². The van der Waals surface area contributed by atoms with Gasteiger partial charge >= 0.3 is 0 Å². The molecule has 0 fully saturated rings. The minimum absolute atomic E-state index is 0.0921. The van der Waals surface area contributed by atoms with E-state index in [1.54, 1.807) is 0 Å². The number of aryl methyl sites for hydroxylation is 1. The molecule has 0 aliphatic carbocycles. The van der Waals surface area contributed by atoms with Gasteiger partial charge in [0.25, 0.3) is 0 Å². The van der Waals surface area contributed by atoms with Gasteiger partial charge in [0.15, 0.2) is 9.84 Å². The maximum absolute atomic E-state index is 11.8. The Morgan fingerprint density at radius 3 is 2.88 bits per heavy atom. The van der Waals surface area contributed by atoms with Gasteiger partial charge in [-0.2, -0.15) is 4.98 Å². The molecule has 0 saturated carbocycles. The maximum Gasteiger partial charge on any atom is 0.224 e. The molecular formula is C9H12ClN3O2S. The van der Waals surface area contributed by atoms with Crippen LogP contribution in [0.5, 0.6) is 0 Å². The van der Waals surface area contributed by atoms with Crippen LogP contribution in [0.3, 0.4) is 0 Å². The molecule has 0 spiro atoms. The summed E-state index contributed by atoms with van der Waals surface area (Å²) in [5, 5.41) is 3.07. The SMILES string of the molecule is CCCNc1nc(Cl)nc2c1S(=O)(=O)CC2. The van der Waals surface area contributed by atoms with Crippen molar-refractivity contribution < 1.29 is 8.42 Å². The van der Waals surface area contributed by atoms with E-state index in [9.17, 15) is 8.42 Å². The second-order valence-electron chi connectivity index (χ2n) is 3.61. The molecule has 0 radical (unpaired) electrons. The van der Waals surface area contributed by atoms with Gasteiger partial charge < -0.3 is 5.32 Å². The van der Waals surface area contributed by atoms with Gasteiger partial charge in [-0.05, 0) is 18.0 Å². The summed E-state index contributed by atoms with van der Waals surface area (Å²) in [6.45, 7) is 2.65. The molecule has 88 valence electrons. The first-order chi connectivity index (χ1) is 7.54. The molecule has 2 rings (SSSR count). The number of nitrogens with one attached hydrogen (secondary N) is 1. The van der Waals surface area contributed by atoms with Crippen molar-refractivity contribution in [2.24, 2.45) is 0 Å². The minimum atomic E-state index is -3.23. The molecule has 16 heavy (non-hydrogen) atoms. The molecule has 1 aliphatic heterocycles. The van der Waals surface area contributed by atoms with Crippen molar-refractivity contribution >= 4 is 27.3 Å². The number of nitrogens with zero attached hydrogens (tertiary/aromatic N) is 2. The molecule has 1 aliphatic rings. The number of hydrogen-bond donors (Lipinski definition) is 1. The van der Waals surface area contributed by atoms with Gasteiger partial charge in [-0.1, -0.05) is 6.92 Å². The van der Waals surface area contributed by atoms with E-state index in [0.717, 1.165) is 6.42 Å². The zero-order valence-electron chi connectivity index (χ0n) is 8.83. The number of anilines is 1. The molecule has 0 amide bonds. The van der Waals surface area contributed by atoms with Crippen molar-refractivity contribution in [2.45, 2.75) is 24.7 Å². The summed E-state index contributed by atoms with van der Waals surface area (Å²) < 4.78 is 23.6. The third-order valence-corrected chi connectivity index (χ3v) is 4.33. The molecule has 2 heterocycles. The lowest BCUT2D eigenvalue weighted by Gasteiger charge is -2.08. The molecule has 0 aromatic carbocycles. The van der Waals surface area contributed by atoms with Crippen molar-refractivity contribution in [3.05, 3.63) is 11.0 Å². The van der Waals surface area contributed by atoms with E-state index in [-0.39, 0.29) is 15.9 Å². The molecule has 0 saturated heterocycles. The van der Waals surface area contributed by atoms with Gasteiger partial charge in [-0.15, -0.1) is 0 Å². The third-order valence-electron chi connectivity index (χ3n) is 2.37. The highest BCUT2D eigenvalue weighted by Gasteiger charge is 2.32. The number of rotatable bonds is 3. The van der Waals surface area contributed by atoms with E-state index >= 15 is 0 Å². The highest BCUT2D eigenvalue weighted by Crippen LogP contribution is 2.31. The number of halogens is 1. The lowest BCUT2D eigenvalue weighted by Crippen LogP contribution is -2.09. The van der Waals surface area contributed by atoms with E-state index in [1.807, 2.05) is 6.92 Å². The average Bonchev–Trinajstić information content (AvgIpc) is 2.51. The van der Waals surface area contributed by atoms with Crippen LogP contribution in [0.15, 0.2) is 4.90 Å². The first-order valence-corrected chi connectivity index (χ1v) is 7.10. The monoisotopic (exact) mass is 261 g/mol. The minimum Gasteiger partial charge on any atom is -0.369 e. The van der Waals surface area contributed by atoms with Crippen molar-refractivity contribution in [2.75, 3.05) is 17.6 Å². The van der Waals surface area contributed by atoms with E-state index in [1.165, 1.54) is 0 Å². The number of hydrogen-bond acceptors (Lipinski definition) is 5. The van der Waals surface area contributed by atoms with Crippen molar-refractivity contribution in [3.63, 3.8) is 0 Å². The average molecular weight is 262 g/mol. The topological polar surface area (TPSA) is 72.0 Å². The van der Waals surface area contributed by atoms with Gasteiger partial charge in [-0.25, -0.2) is 13.4 Å². The summed E-state index contributed by atoms with van der Waals surface area (Å²) in [6, 6.07) is 0. The highest BCUT2D eigenvalue weighted by atomic mass is 35.5. The lowest BCUT2D eigenvalue weighted by atomic mass is 10.3. The van der Waals surface area contributed by atoms with Gasteiger partial charge in [0, 0.05) is 13.0 Å². The summed E-state index contributed by atoms with van der Waals surface area (Å²) >= 11 is 5.74. The molecule has 5 nitrogen and oxygen atoms in total. The van der Waals surface area contributed by atoms with E-state index in [0.29, 0.717) is 24.5 Å². The Morgan fingerprint density at radius 1 is 1.44 bits per heavy atom. The zero-order chi connectivity index (χ0) is 11.8. The second-order valence-corrected chi connectivity index (χ2v) is 6.00. The molecule has 1 N–H and O–H groups in total. The standard InChI is InChI=1S/C9H12ClN3O2S/c1-2-4-11-8-7-6(12-9(10)13-8)3-5-16(7,14)15/h2-5H2,1H3,(H,11,12,13). The quantitative estimate of drug-likeness (QED) is 0.830. The predicted octanol–water partition coefficient (Wildman–Crippen LogP) is 1.28. The number of fused-ring (bicyclic) bond motifs is 1. The van der Waals surface area contributed by atoms with Gasteiger partial charge in [0.05, 0.1) is 11.4 Å². The van der Waals surface area contributed by atoms with Crippen LogP contribution in [0.4, 0.5) is 5.82 Å². The molecule has 0 bridgehead atoms. The van der Waals surface area contributed by atoms with E-state index < -0.39 is 9.84 Å². The molecule has 1 aromatic heterocycles. The summed E-state index contributed by atoms with van der Waals surface area (Å²) in [5.41, 5.74) is 0.526. The van der Waals surface area contributed by atoms with Crippen LogP contribution in [0, 0.1) is 0 Å². The van der Waals surface area contributed by atoms with Crippen LogP contribution >= 0.6 is 11.6 Å². The summed E-state index contributed by atoms with van der Waals surface area (Å²) in [5.74, 6) is 0.437. The van der Waals surface area contributed by atoms with Crippen molar-refractivity contribution in [1.82, 2.24) is 9.97 Å². The number of sulfone groups is 1. The Labute approximate surface area is 99.2 Å². The Hall–Kier alpha value is -0.880. The van der Waals surface area contributed by atoms with Crippen molar-refractivity contribution in [3.8, 4) is 0 Å². The van der Waals surface area contributed by atoms with Crippen LogP contribution in [0.2, 0.25) is 5.28 Å². The number of aromatic nitrogens is 2. The fraction of sp³-hybridized carbons (Fsp3) is 0.556. The first-order valence-electron chi connectivity index (χ1n) is 5.07. The Morgan fingerprint density at radius 2 is 2.19 bits per heavy atom. The van der Waals surface area contributed by atoms with E-state index in [2.05, 4.69) is 15.3 Å². The summed E-state index contributed by atoms with van der Waals surface area (Å²) in [7, 11) is -3.23. The van der Waals surface area contributed by atoms with Gasteiger partial charge in [-0.3, -0.25) is 0 Å². The lowest BCUT2D eigenvalue weighted by molar-refractivity contribution is 0.600. The molecule has 7 heteroatoms. The fourth-order valence-electron chi connectivity index (χ4n) is 1.66. The fourth-order valence-corrected chi connectivity index (χ4v) is 3.43. The van der Waals surface area contributed by atoms with Crippen LogP contribution < -0.4 is 5.32 Å². The van der Waals surface area contributed by atoms with Crippen LogP contribution in [-0.2, 0) is 16.3 Å². The Balaban J connectivity index is 2.52. The molecule has 0 unspecified atom stereocenters. The molecule has 1 aromatic rings. The van der Waals surface area contributed by atoms with Gasteiger partial charge in [0.2, 0.25) is 5.28 Å². The third kappa shape index (κ3) is 1.99. The highest BCUT2D eigenvalue weighted by molar-refractivity contribution is 7.91. The Kier molecular flexibility index (Phi) is 3.03. The van der Waals surface area contributed by atoms with Crippen LogP contribution in [0.25, 0.3) is 0 Å². The Bertz CT molecular complexity index is 516. The first kappa shape index (κ1) is 11.6. The zero-order valence-corrected chi connectivity index (χ0v) is 10.4. The maximum atomic E-state index is 11.8. The summed E-state index contributed by atoms with van der Waals surface area (Å²) in [4.78, 5) is 8.12. The normalized spacial score (nSPS) is 17.1. The van der Waals surface area contributed by atoms with Crippen molar-refractivity contribution in [1.29, 1.82) is 0 Å². The van der Waals surface area contributed by atoms with Crippen LogP contribution in [-0.4, -0.2) is 30.7 Å². The predicted molar refractivity (Wildman–Crippen MR) is 61.6 cm³/mol. The second kappa shape index (κ2) is 4.18.